The molecule has 40 heavy (non-hydrogen) atoms. The van der Waals surface area contributed by atoms with Crippen LogP contribution in [0.3, 0.4) is 0 Å². The molecule has 9 nitrogen and oxygen atoms in total. The summed E-state index contributed by atoms with van der Waals surface area (Å²) in [6.45, 7) is 3.21. The van der Waals surface area contributed by atoms with Crippen molar-refractivity contribution in [3.8, 4) is 0 Å². The number of anilines is 1. The second-order valence-electron chi connectivity index (χ2n) is 10.5. The molecule has 3 atom stereocenters. The van der Waals surface area contributed by atoms with Gasteiger partial charge in [-0.1, -0.05) is 18.2 Å². The molecule has 0 saturated carbocycles. The number of hydrogen-bond donors (Lipinski definition) is 1. The highest BCUT2D eigenvalue weighted by molar-refractivity contribution is 7.91. The Morgan fingerprint density at radius 1 is 1.12 bits per heavy atom. The third-order valence-electron chi connectivity index (χ3n) is 7.55. The van der Waals surface area contributed by atoms with Crippen molar-refractivity contribution in [1.82, 2.24) is 14.1 Å². The van der Waals surface area contributed by atoms with E-state index < -0.39 is 21.8 Å². The highest BCUT2D eigenvalue weighted by atomic mass is 32.2. The van der Waals surface area contributed by atoms with Gasteiger partial charge in [0.25, 0.3) is 10.0 Å². The van der Waals surface area contributed by atoms with Crippen LogP contribution >= 0.6 is 11.3 Å². The van der Waals surface area contributed by atoms with Gasteiger partial charge >= 0.3 is 6.18 Å². The second-order valence-corrected chi connectivity index (χ2v) is 13.6. The van der Waals surface area contributed by atoms with Crippen LogP contribution in [0.15, 0.2) is 46.0 Å². The molecule has 1 N–H and O–H groups in total. The van der Waals surface area contributed by atoms with E-state index in [0.29, 0.717) is 45.5 Å². The number of rotatable bonds is 8. The Balaban J connectivity index is 1.62. The summed E-state index contributed by atoms with van der Waals surface area (Å²) in [6, 6.07) is 8.26. The zero-order chi connectivity index (χ0) is 29.3. The maximum Gasteiger partial charge on any atom is 0.421 e. The number of piperazine rings is 1. The van der Waals surface area contributed by atoms with E-state index >= 15 is 0 Å². The van der Waals surface area contributed by atoms with Crippen LogP contribution in [0.1, 0.15) is 18.9 Å². The Morgan fingerprint density at radius 2 is 1.82 bits per heavy atom. The molecule has 222 valence electrons. The molecule has 3 heterocycles. The van der Waals surface area contributed by atoms with Gasteiger partial charge < -0.3 is 19.6 Å². The molecule has 0 radical (unpaired) electrons. The molecule has 2 aromatic rings. The van der Waals surface area contributed by atoms with E-state index in [2.05, 4.69) is 4.90 Å². The summed E-state index contributed by atoms with van der Waals surface area (Å²) in [6.07, 6.45) is -4.59. The number of thiophene rings is 1. The number of carbonyl (C=O) groups is 1. The van der Waals surface area contributed by atoms with Crippen LogP contribution < -0.4 is 4.90 Å². The molecule has 0 bridgehead atoms. The Labute approximate surface area is 236 Å². The third kappa shape index (κ3) is 6.47. The minimum atomic E-state index is -4.84. The van der Waals surface area contributed by atoms with Crippen molar-refractivity contribution >= 4 is 33.0 Å². The first kappa shape index (κ1) is 30.7. The number of amides is 1. The van der Waals surface area contributed by atoms with Gasteiger partial charge in [0.1, 0.15) is 4.21 Å². The number of nitrogens with zero attached hydrogens (tertiary/aromatic N) is 4. The van der Waals surface area contributed by atoms with E-state index in [1.165, 1.54) is 33.5 Å². The summed E-state index contributed by atoms with van der Waals surface area (Å²) in [4.78, 5) is 18.1. The number of benzene rings is 1. The fraction of sp³-hybridized carbons (Fsp3) is 0.577. The highest BCUT2D eigenvalue weighted by Crippen LogP contribution is 2.39. The number of sulfonamides is 1. The molecule has 1 amide bonds. The Hall–Kier alpha value is -2.23. The van der Waals surface area contributed by atoms with Gasteiger partial charge in [0.05, 0.1) is 19.3 Å². The van der Waals surface area contributed by atoms with Gasteiger partial charge in [0.2, 0.25) is 5.91 Å². The average molecular weight is 605 g/mol. The van der Waals surface area contributed by atoms with E-state index in [1.807, 2.05) is 4.90 Å². The van der Waals surface area contributed by atoms with E-state index in [0.717, 1.165) is 11.3 Å². The molecule has 1 aromatic heterocycles. The van der Waals surface area contributed by atoms with Crippen LogP contribution in [0, 0.1) is 0 Å². The maximum absolute atomic E-state index is 13.4. The van der Waals surface area contributed by atoms with Crippen molar-refractivity contribution in [2.45, 2.75) is 41.4 Å². The van der Waals surface area contributed by atoms with E-state index in [1.54, 1.807) is 31.6 Å². The lowest BCUT2D eigenvalue weighted by atomic mass is 9.95. The van der Waals surface area contributed by atoms with Crippen LogP contribution in [0.5, 0.6) is 0 Å². The minimum absolute atomic E-state index is 0.0461. The average Bonchev–Trinajstić information content (AvgIpc) is 3.45. The van der Waals surface area contributed by atoms with Crippen molar-refractivity contribution < 1.29 is 36.2 Å². The van der Waals surface area contributed by atoms with Gasteiger partial charge in [0, 0.05) is 65.0 Å². The number of ether oxygens (including phenoxy) is 1. The SMILES string of the molecule is CN(C)C(=O)C[C@H]1COCCN1C[C@H]1CN(S(=O)(=O)c2cccs2)CCN1c1ccc([C@@](C)(O)C(F)(F)F)cc1. The molecule has 0 aliphatic carbocycles. The summed E-state index contributed by atoms with van der Waals surface area (Å²) in [5.41, 5.74) is -2.66. The minimum Gasteiger partial charge on any atom is -0.378 e. The largest absolute Gasteiger partial charge is 0.421 e. The number of halogens is 3. The Bertz CT molecular complexity index is 1250. The first-order chi connectivity index (χ1) is 18.7. The number of alkyl halides is 3. The smallest absolute Gasteiger partial charge is 0.378 e. The summed E-state index contributed by atoms with van der Waals surface area (Å²) < 4.78 is 74.2. The van der Waals surface area contributed by atoms with Gasteiger partial charge in [-0.05, 0) is 36.1 Å². The van der Waals surface area contributed by atoms with Gasteiger partial charge in [-0.2, -0.15) is 17.5 Å². The third-order valence-corrected chi connectivity index (χ3v) is 10.8. The van der Waals surface area contributed by atoms with Crippen LogP contribution in [-0.4, -0.2) is 112 Å². The Kier molecular flexibility index (Phi) is 9.17. The highest BCUT2D eigenvalue weighted by Gasteiger charge is 2.51. The molecule has 2 aliphatic heterocycles. The molecular weight excluding hydrogens is 569 g/mol. The molecule has 14 heteroatoms. The summed E-state index contributed by atoms with van der Waals surface area (Å²) in [7, 11) is -0.347. The Morgan fingerprint density at radius 3 is 2.42 bits per heavy atom. The molecule has 0 unspecified atom stereocenters. The summed E-state index contributed by atoms with van der Waals surface area (Å²) in [5.74, 6) is -0.0461. The number of morpholine rings is 1. The molecule has 4 rings (SSSR count). The van der Waals surface area contributed by atoms with Crippen molar-refractivity contribution in [2.24, 2.45) is 0 Å². The quantitative estimate of drug-likeness (QED) is 0.495. The van der Waals surface area contributed by atoms with Gasteiger partial charge in [-0.15, -0.1) is 11.3 Å². The fourth-order valence-electron chi connectivity index (χ4n) is 4.99. The molecule has 1 aromatic carbocycles. The first-order valence-electron chi connectivity index (χ1n) is 12.9. The second kappa shape index (κ2) is 11.9. The molecule has 2 fully saturated rings. The lowest BCUT2D eigenvalue weighted by molar-refractivity contribution is -0.258. The monoisotopic (exact) mass is 604 g/mol. The lowest BCUT2D eigenvalue weighted by Gasteiger charge is -2.46. The standard InChI is InChI=1S/C26H35F3N4O5S2/c1-25(35,26(27,28)29)19-6-8-20(9-7-19)33-11-10-32(40(36,37)24-5-4-14-39-24)17-22(33)16-31-12-13-38-18-21(31)15-23(34)30(2)3/h4-9,14,21-22,35H,10-13,15-18H2,1-3H3/t21-,22-,25+/m0/s1. The van der Waals surface area contributed by atoms with Crippen LogP contribution in [0.4, 0.5) is 18.9 Å². The van der Waals surface area contributed by atoms with Crippen molar-refractivity contribution in [3.63, 3.8) is 0 Å². The van der Waals surface area contributed by atoms with E-state index in [-0.39, 0.29) is 47.3 Å². The number of hydrogen-bond acceptors (Lipinski definition) is 8. The van der Waals surface area contributed by atoms with Crippen molar-refractivity contribution in [2.75, 3.05) is 64.9 Å². The van der Waals surface area contributed by atoms with Crippen molar-refractivity contribution in [1.29, 1.82) is 0 Å². The van der Waals surface area contributed by atoms with Crippen molar-refractivity contribution in [3.05, 3.63) is 47.3 Å². The molecule has 2 saturated heterocycles. The van der Waals surface area contributed by atoms with Crippen LogP contribution in [0.2, 0.25) is 0 Å². The summed E-state index contributed by atoms with van der Waals surface area (Å²) in [5, 5.41) is 11.8. The van der Waals surface area contributed by atoms with Gasteiger partial charge in [-0.25, -0.2) is 8.42 Å². The topological polar surface area (TPSA) is 93.6 Å². The predicted octanol–water partition coefficient (Wildman–Crippen LogP) is 2.58. The maximum atomic E-state index is 13.4. The van der Waals surface area contributed by atoms with Crippen LogP contribution in [0.25, 0.3) is 0 Å². The van der Waals surface area contributed by atoms with E-state index in [4.69, 9.17) is 4.74 Å². The van der Waals surface area contributed by atoms with Crippen LogP contribution in [-0.2, 0) is 25.2 Å². The zero-order valence-corrected chi connectivity index (χ0v) is 24.3. The number of aliphatic hydroxyl groups is 1. The fourth-order valence-corrected chi connectivity index (χ4v) is 7.61. The lowest BCUT2D eigenvalue weighted by Crippen LogP contribution is -2.60. The first-order valence-corrected chi connectivity index (χ1v) is 15.3. The predicted molar refractivity (Wildman–Crippen MR) is 146 cm³/mol. The molecular formula is C26H35F3N4O5S2. The van der Waals surface area contributed by atoms with Gasteiger partial charge in [-0.3, -0.25) is 9.69 Å². The normalized spacial score (nSPS) is 23.1. The number of carbonyl (C=O) groups excluding carboxylic acids is 1. The molecule has 0 spiro atoms. The van der Waals surface area contributed by atoms with Gasteiger partial charge in [0.15, 0.2) is 5.60 Å². The van der Waals surface area contributed by atoms with E-state index in [9.17, 15) is 31.5 Å². The zero-order valence-electron chi connectivity index (χ0n) is 22.7. The molecule has 2 aliphatic rings. The summed E-state index contributed by atoms with van der Waals surface area (Å²) >= 11 is 1.15.